The molecule has 2 N–H and O–H groups in total. The van der Waals surface area contributed by atoms with E-state index in [-0.39, 0.29) is 17.6 Å². The second kappa shape index (κ2) is 9.32. The number of carbonyl (C=O) groups excluding carboxylic acids is 2. The van der Waals surface area contributed by atoms with Crippen LogP contribution in [0.5, 0.6) is 0 Å². The number of benzene rings is 1. The molecular weight excluding hydrogens is 416 g/mol. The molecule has 0 saturated carbocycles. The molecule has 0 radical (unpaired) electrons. The molecule has 4 aromatic rings. The van der Waals surface area contributed by atoms with Crippen LogP contribution in [0.25, 0.3) is 11.0 Å². The van der Waals surface area contributed by atoms with E-state index >= 15 is 0 Å². The van der Waals surface area contributed by atoms with Crippen molar-refractivity contribution in [2.45, 2.75) is 31.2 Å². The number of H-pyrrole nitrogens is 1. The van der Waals surface area contributed by atoms with Crippen molar-refractivity contribution in [3.05, 3.63) is 90.1 Å². The molecule has 5 rings (SSSR count). The van der Waals surface area contributed by atoms with Crippen LogP contribution in [-0.2, 0) is 11.2 Å². The first-order valence-electron chi connectivity index (χ1n) is 11.3. The van der Waals surface area contributed by atoms with Crippen LogP contribution in [0.4, 0.5) is 0 Å². The van der Waals surface area contributed by atoms with Crippen LogP contribution < -0.4 is 5.32 Å². The molecule has 1 aromatic carbocycles. The SMILES string of the molecule is O=C(NC(Cc1ccccc1)C(=O)N1CCC(c2c[nH]c3ncccc23)CC1)c1ccco1. The first kappa shape index (κ1) is 21.0. The molecule has 1 aliphatic heterocycles. The molecule has 168 valence electrons. The van der Waals surface area contributed by atoms with E-state index in [2.05, 4.69) is 21.4 Å². The Bertz CT molecular complexity index is 1220. The molecule has 3 aromatic heterocycles. The monoisotopic (exact) mass is 442 g/mol. The zero-order valence-electron chi connectivity index (χ0n) is 18.2. The summed E-state index contributed by atoms with van der Waals surface area (Å²) in [4.78, 5) is 35.6. The number of carbonyl (C=O) groups is 2. The zero-order valence-corrected chi connectivity index (χ0v) is 18.2. The number of fused-ring (bicyclic) bond motifs is 1. The minimum Gasteiger partial charge on any atom is -0.459 e. The van der Waals surface area contributed by atoms with Gasteiger partial charge in [0.1, 0.15) is 11.7 Å². The molecule has 33 heavy (non-hydrogen) atoms. The van der Waals surface area contributed by atoms with Crippen LogP contribution in [0.15, 0.2) is 77.7 Å². The number of piperidine rings is 1. The van der Waals surface area contributed by atoms with E-state index in [0.29, 0.717) is 25.4 Å². The molecule has 7 nitrogen and oxygen atoms in total. The summed E-state index contributed by atoms with van der Waals surface area (Å²) in [6, 6.07) is 16.4. The molecule has 0 spiro atoms. The molecule has 7 heteroatoms. The Kier molecular flexibility index (Phi) is 5.93. The highest BCUT2D eigenvalue weighted by Gasteiger charge is 2.31. The molecule has 1 fully saturated rings. The number of rotatable bonds is 6. The number of nitrogens with one attached hydrogen (secondary N) is 2. The number of hydrogen-bond donors (Lipinski definition) is 2. The normalized spacial score (nSPS) is 15.5. The van der Waals surface area contributed by atoms with E-state index in [1.165, 1.54) is 11.8 Å². The summed E-state index contributed by atoms with van der Waals surface area (Å²) in [5.41, 5.74) is 3.16. The minimum absolute atomic E-state index is 0.0576. The molecule has 1 saturated heterocycles. The van der Waals surface area contributed by atoms with Gasteiger partial charge in [-0.05, 0) is 54.2 Å². The smallest absolute Gasteiger partial charge is 0.287 e. The van der Waals surface area contributed by atoms with Crippen molar-refractivity contribution >= 4 is 22.8 Å². The maximum Gasteiger partial charge on any atom is 0.287 e. The van der Waals surface area contributed by atoms with E-state index in [1.54, 1.807) is 18.3 Å². The Morgan fingerprint density at radius 3 is 2.67 bits per heavy atom. The van der Waals surface area contributed by atoms with Gasteiger partial charge >= 0.3 is 0 Å². The number of likely N-dealkylation sites (tertiary alicyclic amines) is 1. The lowest BCUT2D eigenvalue weighted by molar-refractivity contribution is -0.134. The van der Waals surface area contributed by atoms with Crippen molar-refractivity contribution in [3.8, 4) is 0 Å². The van der Waals surface area contributed by atoms with E-state index in [1.807, 2.05) is 47.5 Å². The highest BCUT2D eigenvalue weighted by Crippen LogP contribution is 2.32. The summed E-state index contributed by atoms with van der Waals surface area (Å²) in [5.74, 6) is 0.137. The van der Waals surface area contributed by atoms with Crippen LogP contribution >= 0.6 is 0 Å². The van der Waals surface area contributed by atoms with E-state index in [4.69, 9.17) is 4.42 Å². The summed E-state index contributed by atoms with van der Waals surface area (Å²) < 4.78 is 5.22. The Labute approximate surface area is 191 Å². The molecule has 0 bridgehead atoms. The van der Waals surface area contributed by atoms with E-state index < -0.39 is 6.04 Å². The predicted molar refractivity (Wildman–Crippen MR) is 125 cm³/mol. The van der Waals surface area contributed by atoms with Gasteiger partial charge in [0.25, 0.3) is 5.91 Å². The number of aromatic nitrogens is 2. The Hall–Kier alpha value is -3.87. The molecule has 0 aliphatic carbocycles. The molecule has 4 heterocycles. The van der Waals surface area contributed by atoms with Gasteiger partial charge in [-0.2, -0.15) is 0 Å². The number of hydrogen-bond acceptors (Lipinski definition) is 4. The van der Waals surface area contributed by atoms with Gasteiger partial charge in [0.15, 0.2) is 5.76 Å². The lowest BCUT2D eigenvalue weighted by Gasteiger charge is -2.34. The van der Waals surface area contributed by atoms with Crippen molar-refractivity contribution < 1.29 is 14.0 Å². The van der Waals surface area contributed by atoms with E-state index in [0.717, 1.165) is 29.4 Å². The van der Waals surface area contributed by atoms with Gasteiger partial charge < -0.3 is 19.6 Å². The summed E-state index contributed by atoms with van der Waals surface area (Å²) >= 11 is 0. The van der Waals surface area contributed by atoms with Gasteiger partial charge in [-0.3, -0.25) is 9.59 Å². The van der Waals surface area contributed by atoms with Gasteiger partial charge in [0.05, 0.1) is 6.26 Å². The maximum atomic E-state index is 13.5. The third-order valence-electron chi connectivity index (χ3n) is 6.36. The van der Waals surface area contributed by atoms with Crippen molar-refractivity contribution in [2.24, 2.45) is 0 Å². The number of aromatic amines is 1. The quantitative estimate of drug-likeness (QED) is 0.474. The van der Waals surface area contributed by atoms with Crippen molar-refractivity contribution in [1.29, 1.82) is 0 Å². The molecule has 1 atom stereocenters. The van der Waals surface area contributed by atoms with Gasteiger partial charge in [0, 0.05) is 37.3 Å². The third kappa shape index (κ3) is 4.53. The maximum absolute atomic E-state index is 13.5. The summed E-state index contributed by atoms with van der Waals surface area (Å²) in [6.45, 7) is 1.30. The second-order valence-corrected chi connectivity index (χ2v) is 8.44. The number of pyridine rings is 1. The highest BCUT2D eigenvalue weighted by atomic mass is 16.3. The summed E-state index contributed by atoms with van der Waals surface area (Å²) in [6.07, 6.45) is 7.46. The van der Waals surface area contributed by atoms with Gasteiger partial charge in [-0.25, -0.2) is 4.98 Å². The average molecular weight is 443 g/mol. The Morgan fingerprint density at radius 2 is 1.91 bits per heavy atom. The number of furan rings is 1. The topological polar surface area (TPSA) is 91.2 Å². The highest BCUT2D eigenvalue weighted by molar-refractivity contribution is 5.95. The van der Waals surface area contributed by atoms with Crippen LogP contribution in [-0.4, -0.2) is 45.8 Å². The zero-order chi connectivity index (χ0) is 22.6. The molecule has 1 aliphatic rings. The lowest BCUT2D eigenvalue weighted by Crippen LogP contribution is -2.51. The van der Waals surface area contributed by atoms with Crippen molar-refractivity contribution in [3.63, 3.8) is 0 Å². The first-order chi connectivity index (χ1) is 16.2. The predicted octanol–water partition coefficient (Wildman–Crippen LogP) is 3.90. The Morgan fingerprint density at radius 1 is 1.09 bits per heavy atom. The fraction of sp³-hybridized carbons (Fsp3) is 0.269. The number of nitrogens with zero attached hydrogens (tertiary/aromatic N) is 2. The second-order valence-electron chi connectivity index (χ2n) is 8.44. The molecular formula is C26H26N4O3. The standard InChI is InChI=1S/C26H26N4O3/c31-25(23-9-5-15-33-23)29-22(16-18-6-2-1-3-7-18)26(32)30-13-10-19(11-14-30)21-17-28-24-20(21)8-4-12-27-24/h1-9,12,15,17,19,22H,10-11,13-14,16H2,(H,27,28)(H,29,31). The van der Waals surface area contributed by atoms with Crippen molar-refractivity contribution in [1.82, 2.24) is 20.2 Å². The van der Waals surface area contributed by atoms with E-state index in [9.17, 15) is 9.59 Å². The molecule has 1 unspecified atom stereocenters. The lowest BCUT2D eigenvalue weighted by atomic mass is 9.89. The summed E-state index contributed by atoms with van der Waals surface area (Å²) in [5, 5.41) is 4.04. The molecule has 2 amide bonds. The van der Waals surface area contributed by atoms with Crippen LogP contribution in [0.3, 0.4) is 0 Å². The average Bonchev–Trinajstić information content (AvgIpc) is 3.55. The van der Waals surface area contributed by atoms with Crippen LogP contribution in [0.2, 0.25) is 0 Å². The van der Waals surface area contributed by atoms with Crippen molar-refractivity contribution in [2.75, 3.05) is 13.1 Å². The van der Waals surface area contributed by atoms with Gasteiger partial charge in [-0.1, -0.05) is 30.3 Å². The summed E-state index contributed by atoms with van der Waals surface area (Å²) in [7, 11) is 0. The largest absolute Gasteiger partial charge is 0.459 e. The third-order valence-corrected chi connectivity index (χ3v) is 6.36. The van der Waals surface area contributed by atoms with Crippen LogP contribution in [0, 0.1) is 0 Å². The van der Waals surface area contributed by atoms with Gasteiger partial charge in [-0.15, -0.1) is 0 Å². The minimum atomic E-state index is -0.654. The number of amides is 2. The fourth-order valence-corrected chi connectivity index (χ4v) is 4.63. The first-order valence-corrected chi connectivity index (χ1v) is 11.3. The van der Waals surface area contributed by atoms with Crippen LogP contribution in [0.1, 0.15) is 40.4 Å². The Balaban J connectivity index is 1.29. The van der Waals surface area contributed by atoms with Gasteiger partial charge in [0.2, 0.25) is 5.91 Å². The fourth-order valence-electron chi connectivity index (χ4n) is 4.63.